The number of H-pyrrole nitrogens is 1. The van der Waals surface area contributed by atoms with E-state index in [1.54, 1.807) is 37.2 Å². The Bertz CT molecular complexity index is 1640. The molecule has 1 aliphatic carbocycles. The van der Waals surface area contributed by atoms with Crippen molar-refractivity contribution < 1.29 is 4.79 Å². The van der Waals surface area contributed by atoms with Gasteiger partial charge in [0.25, 0.3) is 0 Å². The smallest absolute Gasteiger partial charge is 0.227 e. The lowest BCUT2D eigenvalue weighted by molar-refractivity contribution is -0.117. The molecule has 0 aliphatic heterocycles. The predicted molar refractivity (Wildman–Crippen MR) is 137 cm³/mol. The lowest BCUT2D eigenvalue weighted by Gasteiger charge is -2.10. The number of pyridine rings is 2. The normalized spacial score (nSPS) is 13.1. The van der Waals surface area contributed by atoms with Gasteiger partial charge in [-0.25, -0.2) is 9.97 Å². The Kier molecular flexibility index (Phi) is 5.06. The quantitative estimate of drug-likeness (QED) is 0.215. The number of carbonyl (C=O) groups excluding carboxylic acids is 1. The van der Waals surface area contributed by atoms with Crippen LogP contribution in [-0.4, -0.2) is 41.1 Å². The van der Waals surface area contributed by atoms with Crippen LogP contribution >= 0.6 is 0 Å². The Morgan fingerprint density at radius 2 is 1.97 bits per heavy atom. The number of amides is 1. The molecule has 1 aromatic carbocycles. The van der Waals surface area contributed by atoms with Gasteiger partial charge in [0.05, 0.1) is 47.5 Å². The summed E-state index contributed by atoms with van der Waals surface area (Å²) in [6, 6.07) is 7.35. The van der Waals surface area contributed by atoms with Crippen molar-refractivity contribution in [1.82, 2.24) is 29.5 Å². The average Bonchev–Trinajstić information content (AvgIpc) is 3.50. The van der Waals surface area contributed by atoms with Gasteiger partial charge in [-0.1, -0.05) is 6.07 Å². The molecule has 0 unspecified atom stereocenters. The average molecular weight is 478 g/mol. The second-order valence-corrected chi connectivity index (χ2v) is 8.97. The summed E-state index contributed by atoms with van der Waals surface area (Å²) in [7, 11) is 0. The maximum Gasteiger partial charge on any atom is 0.227 e. The Hall–Kier alpha value is -4.86. The molecule has 36 heavy (non-hydrogen) atoms. The van der Waals surface area contributed by atoms with Crippen molar-refractivity contribution in [2.75, 3.05) is 11.1 Å². The first-order valence-corrected chi connectivity index (χ1v) is 11.6. The standard InChI is InChI=1S/C26H23N9O/c1-14-12-35(13-31-14)22-11-30-10-21-24(22)34-25(33-21)23(28)19-7-16(4-5-20(19)27)17-6-18(9-29-8-17)32-26(36)15-2-3-15/h4-13,15,28H,2-3,27H2,1H3,(H,32,36)(H,33,34). The van der Waals surface area contributed by atoms with E-state index in [1.807, 2.05) is 35.9 Å². The zero-order chi connectivity index (χ0) is 24.8. The molecule has 5 N–H and O–H groups in total. The predicted octanol–water partition coefficient (Wildman–Crippen LogP) is 3.86. The SMILES string of the molecule is Cc1cn(-c2cncc3[nH]c(C(=N)c4cc(-c5cncc(NC(=O)C6CC6)c5)ccc4N)nc23)cn1. The Morgan fingerprint density at radius 1 is 1.14 bits per heavy atom. The third-order valence-corrected chi connectivity index (χ3v) is 6.21. The number of imidazole rings is 2. The fraction of sp³-hybridized carbons (Fsp3) is 0.154. The number of benzene rings is 1. The number of rotatable bonds is 6. The van der Waals surface area contributed by atoms with Gasteiger partial charge in [0, 0.05) is 35.1 Å². The number of nitrogens with zero attached hydrogens (tertiary/aromatic N) is 5. The van der Waals surface area contributed by atoms with Crippen molar-refractivity contribution in [3.63, 3.8) is 0 Å². The van der Waals surface area contributed by atoms with Crippen LogP contribution in [0.15, 0.2) is 61.6 Å². The highest BCUT2D eigenvalue weighted by Gasteiger charge is 2.29. The molecule has 1 aliphatic rings. The Morgan fingerprint density at radius 3 is 2.75 bits per heavy atom. The van der Waals surface area contributed by atoms with E-state index in [0.29, 0.717) is 33.8 Å². The molecular weight excluding hydrogens is 454 g/mol. The summed E-state index contributed by atoms with van der Waals surface area (Å²) in [5.41, 5.74) is 12.7. The molecule has 10 heteroatoms. The maximum absolute atomic E-state index is 12.2. The van der Waals surface area contributed by atoms with Crippen LogP contribution in [0.1, 0.15) is 29.9 Å². The lowest BCUT2D eigenvalue weighted by atomic mass is 10.00. The minimum atomic E-state index is 0.0262. The molecule has 1 fully saturated rings. The highest BCUT2D eigenvalue weighted by Crippen LogP contribution is 2.31. The number of hydrogen-bond acceptors (Lipinski definition) is 7. The molecule has 4 aromatic heterocycles. The van der Waals surface area contributed by atoms with Crippen LogP contribution in [0.5, 0.6) is 0 Å². The summed E-state index contributed by atoms with van der Waals surface area (Å²) in [5, 5.41) is 11.8. The summed E-state index contributed by atoms with van der Waals surface area (Å²) in [6.45, 7) is 1.91. The first-order valence-electron chi connectivity index (χ1n) is 11.6. The van der Waals surface area contributed by atoms with Gasteiger partial charge in [-0.15, -0.1) is 0 Å². The number of carbonyl (C=O) groups is 1. The van der Waals surface area contributed by atoms with Gasteiger partial charge in [0.2, 0.25) is 5.91 Å². The number of nitrogen functional groups attached to an aromatic ring is 1. The monoisotopic (exact) mass is 477 g/mol. The van der Waals surface area contributed by atoms with E-state index < -0.39 is 0 Å². The largest absolute Gasteiger partial charge is 0.398 e. The second kappa shape index (κ2) is 8.42. The van der Waals surface area contributed by atoms with Crippen molar-refractivity contribution in [3.05, 3.63) is 78.7 Å². The van der Waals surface area contributed by atoms with Gasteiger partial charge < -0.3 is 20.6 Å². The van der Waals surface area contributed by atoms with Gasteiger partial charge in [0.15, 0.2) is 5.82 Å². The van der Waals surface area contributed by atoms with Crippen molar-refractivity contribution in [3.8, 4) is 16.8 Å². The van der Waals surface area contributed by atoms with Crippen LogP contribution in [0.4, 0.5) is 11.4 Å². The minimum absolute atomic E-state index is 0.0262. The number of aromatic amines is 1. The summed E-state index contributed by atoms with van der Waals surface area (Å²) >= 11 is 0. The van der Waals surface area contributed by atoms with Gasteiger partial charge >= 0.3 is 0 Å². The van der Waals surface area contributed by atoms with Gasteiger partial charge in [-0.3, -0.25) is 20.2 Å². The van der Waals surface area contributed by atoms with Gasteiger partial charge in [-0.2, -0.15) is 0 Å². The van der Waals surface area contributed by atoms with Crippen LogP contribution in [0.2, 0.25) is 0 Å². The minimum Gasteiger partial charge on any atom is -0.398 e. The van der Waals surface area contributed by atoms with E-state index in [4.69, 9.17) is 16.1 Å². The summed E-state index contributed by atoms with van der Waals surface area (Å²) in [4.78, 5) is 32.9. The van der Waals surface area contributed by atoms with Gasteiger partial charge in [-0.05, 0) is 43.5 Å². The van der Waals surface area contributed by atoms with Crippen LogP contribution in [-0.2, 0) is 4.79 Å². The number of nitrogens with two attached hydrogens (primary N) is 1. The number of fused-ring (bicyclic) bond motifs is 1. The van der Waals surface area contributed by atoms with Gasteiger partial charge in [0.1, 0.15) is 11.2 Å². The third-order valence-electron chi connectivity index (χ3n) is 6.21. The number of hydrogen-bond donors (Lipinski definition) is 4. The molecule has 0 bridgehead atoms. The van der Waals surface area contributed by atoms with Crippen molar-refractivity contribution >= 4 is 34.0 Å². The topological polar surface area (TPSA) is 151 Å². The van der Waals surface area contributed by atoms with Crippen LogP contribution in [0, 0.1) is 18.3 Å². The molecule has 10 nitrogen and oxygen atoms in total. The van der Waals surface area contributed by atoms with Crippen LogP contribution < -0.4 is 11.1 Å². The van der Waals surface area contributed by atoms with E-state index >= 15 is 0 Å². The molecule has 4 heterocycles. The van der Waals surface area contributed by atoms with E-state index in [-0.39, 0.29) is 17.5 Å². The molecule has 6 rings (SSSR count). The third kappa shape index (κ3) is 3.98. The number of anilines is 2. The molecule has 1 amide bonds. The zero-order valence-electron chi connectivity index (χ0n) is 19.5. The molecule has 178 valence electrons. The zero-order valence-corrected chi connectivity index (χ0v) is 19.5. The van der Waals surface area contributed by atoms with E-state index in [2.05, 4.69) is 25.3 Å². The summed E-state index contributed by atoms with van der Waals surface area (Å²) in [5.74, 6) is 0.511. The highest BCUT2D eigenvalue weighted by atomic mass is 16.2. The molecule has 5 aromatic rings. The van der Waals surface area contributed by atoms with E-state index in [0.717, 1.165) is 35.3 Å². The fourth-order valence-corrected chi connectivity index (χ4v) is 4.12. The van der Waals surface area contributed by atoms with Crippen LogP contribution in [0.3, 0.4) is 0 Å². The molecule has 1 saturated carbocycles. The molecular formula is C26H23N9O. The first kappa shape index (κ1) is 21.7. The second-order valence-electron chi connectivity index (χ2n) is 8.97. The van der Waals surface area contributed by atoms with E-state index in [1.165, 1.54) is 0 Å². The Balaban J connectivity index is 1.34. The fourth-order valence-electron chi connectivity index (χ4n) is 4.12. The van der Waals surface area contributed by atoms with E-state index in [9.17, 15) is 4.79 Å². The lowest BCUT2D eigenvalue weighted by Crippen LogP contribution is -2.13. The van der Waals surface area contributed by atoms with Crippen molar-refractivity contribution in [2.24, 2.45) is 5.92 Å². The molecule has 0 spiro atoms. The molecule has 0 atom stereocenters. The van der Waals surface area contributed by atoms with Crippen molar-refractivity contribution in [2.45, 2.75) is 19.8 Å². The highest BCUT2D eigenvalue weighted by molar-refractivity contribution is 6.13. The van der Waals surface area contributed by atoms with Crippen LogP contribution in [0.25, 0.3) is 27.8 Å². The first-order chi connectivity index (χ1) is 17.5. The number of aromatic nitrogens is 6. The summed E-state index contributed by atoms with van der Waals surface area (Å²) < 4.78 is 1.86. The number of nitrogens with one attached hydrogen (secondary N) is 3. The molecule has 0 radical (unpaired) electrons. The maximum atomic E-state index is 12.2. The molecule has 0 saturated heterocycles. The van der Waals surface area contributed by atoms with Crippen molar-refractivity contribution in [1.29, 1.82) is 5.41 Å². The Labute approximate surface area is 206 Å². The number of aryl methyl sites for hydroxylation is 1. The summed E-state index contributed by atoms with van der Waals surface area (Å²) in [6.07, 6.45) is 12.2.